The fraction of sp³-hybridized carbons (Fsp3) is 0.619. The smallest absolute Gasteiger partial charge is 0.104 e. The molecular formula is C21H34N2. The zero-order valence-corrected chi connectivity index (χ0v) is 15.1. The van der Waals surface area contributed by atoms with E-state index in [0.717, 1.165) is 6.42 Å². The molecule has 0 radical (unpaired) electrons. The van der Waals surface area contributed by atoms with Gasteiger partial charge in [-0.1, -0.05) is 82.2 Å². The Bertz CT molecular complexity index is 440. The van der Waals surface area contributed by atoms with Crippen molar-refractivity contribution in [1.82, 2.24) is 9.80 Å². The summed E-state index contributed by atoms with van der Waals surface area (Å²) in [7, 11) is 2.19. The van der Waals surface area contributed by atoms with Crippen LogP contribution in [0.15, 0.2) is 42.7 Å². The molecule has 0 bridgehead atoms. The SMILES string of the molecule is CCCCCCCCCCN1C=CN(C)C1Cc1ccccc1. The monoisotopic (exact) mass is 314 g/mol. The Hall–Kier alpha value is -1.44. The van der Waals surface area contributed by atoms with Gasteiger partial charge in [0, 0.05) is 32.4 Å². The molecule has 0 aliphatic carbocycles. The molecule has 23 heavy (non-hydrogen) atoms. The fourth-order valence-electron chi connectivity index (χ4n) is 3.36. The second kappa shape index (κ2) is 10.4. The number of hydrogen-bond donors (Lipinski definition) is 0. The maximum atomic E-state index is 2.52. The van der Waals surface area contributed by atoms with Crippen LogP contribution >= 0.6 is 0 Å². The molecule has 128 valence electrons. The molecule has 1 unspecified atom stereocenters. The van der Waals surface area contributed by atoms with Gasteiger partial charge in [0.25, 0.3) is 0 Å². The topological polar surface area (TPSA) is 6.48 Å². The third-order valence-corrected chi connectivity index (χ3v) is 4.88. The van der Waals surface area contributed by atoms with E-state index in [0.29, 0.717) is 6.17 Å². The van der Waals surface area contributed by atoms with E-state index in [4.69, 9.17) is 0 Å². The molecule has 2 nitrogen and oxygen atoms in total. The Morgan fingerprint density at radius 1 is 0.826 bits per heavy atom. The molecule has 1 aliphatic rings. The third-order valence-electron chi connectivity index (χ3n) is 4.88. The first kappa shape index (κ1) is 17.9. The number of nitrogens with zero attached hydrogens (tertiary/aromatic N) is 2. The highest BCUT2D eigenvalue weighted by Gasteiger charge is 2.23. The minimum Gasteiger partial charge on any atom is -0.359 e. The van der Waals surface area contributed by atoms with Crippen LogP contribution in [0, 0.1) is 0 Å². The standard InChI is InChI=1S/C21H34N2/c1-3-4-5-6-7-8-9-13-16-23-18-17-22(2)21(23)19-20-14-11-10-12-15-20/h10-12,14-15,17-18,21H,3-9,13,16,19H2,1-2H3. The van der Waals surface area contributed by atoms with Gasteiger partial charge in [-0.3, -0.25) is 0 Å². The van der Waals surface area contributed by atoms with Gasteiger partial charge in [0.05, 0.1) is 0 Å². The molecule has 1 aromatic carbocycles. The highest BCUT2D eigenvalue weighted by molar-refractivity contribution is 5.17. The average Bonchev–Trinajstić information content (AvgIpc) is 2.91. The molecule has 1 heterocycles. The molecule has 0 fully saturated rings. The highest BCUT2D eigenvalue weighted by Crippen LogP contribution is 2.19. The van der Waals surface area contributed by atoms with Crippen molar-refractivity contribution >= 4 is 0 Å². The van der Waals surface area contributed by atoms with Gasteiger partial charge in [-0.2, -0.15) is 0 Å². The fourth-order valence-corrected chi connectivity index (χ4v) is 3.36. The summed E-state index contributed by atoms with van der Waals surface area (Å²) in [5.41, 5.74) is 1.42. The Kier molecular flexibility index (Phi) is 8.06. The van der Waals surface area contributed by atoms with Gasteiger partial charge >= 0.3 is 0 Å². The van der Waals surface area contributed by atoms with Gasteiger partial charge in [0.15, 0.2) is 0 Å². The average molecular weight is 315 g/mol. The second-order valence-corrected chi connectivity index (χ2v) is 6.85. The molecule has 0 saturated carbocycles. The zero-order valence-electron chi connectivity index (χ0n) is 15.1. The van der Waals surface area contributed by atoms with Gasteiger partial charge in [-0.15, -0.1) is 0 Å². The Morgan fingerprint density at radius 3 is 2.17 bits per heavy atom. The minimum atomic E-state index is 0.488. The number of hydrogen-bond acceptors (Lipinski definition) is 2. The first-order chi connectivity index (χ1) is 11.3. The van der Waals surface area contributed by atoms with Crippen LogP contribution in [0.4, 0.5) is 0 Å². The Morgan fingerprint density at radius 2 is 1.48 bits per heavy atom. The van der Waals surface area contributed by atoms with Crippen molar-refractivity contribution < 1.29 is 0 Å². The first-order valence-corrected chi connectivity index (χ1v) is 9.51. The van der Waals surface area contributed by atoms with Gasteiger partial charge in [-0.25, -0.2) is 0 Å². The van der Waals surface area contributed by atoms with E-state index in [1.54, 1.807) is 0 Å². The molecule has 0 N–H and O–H groups in total. The molecule has 1 aromatic rings. The van der Waals surface area contributed by atoms with E-state index in [1.165, 1.54) is 63.5 Å². The molecule has 0 spiro atoms. The molecule has 2 rings (SSSR count). The normalized spacial score (nSPS) is 17.2. The van der Waals surface area contributed by atoms with Gasteiger partial charge in [-0.05, 0) is 12.0 Å². The first-order valence-electron chi connectivity index (χ1n) is 9.51. The van der Waals surface area contributed by atoms with Crippen molar-refractivity contribution in [1.29, 1.82) is 0 Å². The van der Waals surface area contributed by atoms with Crippen LogP contribution in [-0.4, -0.2) is 29.6 Å². The summed E-state index contributed by atoms with van der Waals surface area (Å²) in [5, 5.41) is 0. The summed E-state index contributed by atoms with van der Waals surface area (Å²) in [6.07, 6.45) is 17.2. The van der Waals surface area contributed by atoms with Crippen molar-refractivity contribution in [3.05, 3.63) is 48.3 Å². The molecular weight excluding hydrogens is 280 g/mol. The maximum absolute atomic E-state index is 2.52. The Balaban J connectivity index is 1.64. The highest BCUT2D eigenvalue weighted by atomic mass is 15.4. The lowest BCUT2D eigenvalue weighted by Crippen LogP contribution is -2.38. The molecule has 2 heteroatoms. The van der Waals surface area contributed by atoms with Crippen LogP contribution in [0.3, 0.4) is 0 Å². The van der Waals surface area contributed by atoms with Crippen molar-refractivity contribution in [2.45, 2.75) is 70.9 Å². The minimum absolute atomic E-state index is 0.488. The van der Waals surface area contributed by atoms with Crippen molar-refractivity contribution in [2.75, 3.05) is 13.6 Å². The number of benzene rings is 1. The maximum Gasteiger partial charge on any atom is 0.104 e. The van der Waals surface area contributed by atoms with Crippen LogP contribution < -0.4 is 0 Å². The van der Waals surface area contributed by atoms with Crippen molar-refractivity contribution in [3.63, 3.8) is 0 Å². The summed E-state index contributed by atoms with van der Waals surface area (Å²) in [5.74, 6) is 0. The molecule has 0 amide bonds. The van der Waals surface area contributed by atoms with E-state index in [1.807, 2.05) is 0 Å². The number of likely N-dealkylation sites (N-methyl/N-ethyl adjacent to an activating group) is 1. The largest absolute Gasteiger partial charge is 0.359 e. The van der Waals surface area contributed by atoms with E-state index in [2.05, 4.69) is 66.5 Å². The number of rotatable bonds is 11. The summed E-state index contributed by atoms with van der Waals surface area (Å²) in [6, 6.07) is 10.8. The lowest BCUT2D eigenvalue weighted by Gasteiger charge is -2.30. The quantitative estimate of drug-likeness (QED) is 0.504. The molecule has 0 aromatic heterocycles. The number of unbranched alkanes of at least 4 members (excludes halogenated alkanes) is 7. The molecule has 1 aliphatic heterocycles. The van der Waals surface area contributed by atoms with Crippen LogP contribution in [0.1, 0.15) is 63.9 Å². The lowest BCUT2D eigenvalue weighted by atomic mass is 10.1. The summed E-state index contributed by atoms with van der Waals surface area (Å²) in [4.78, 5) is 4.86. The molecule has 0 saturated heterocycles. The zero-order chi connectivity index (χ0) is 16.3. The predicted octanol–water partition coefficient (Wildman–Crippen LogP) is 5.41. The third kappa shape index (κ3) is 6.29. The van der Waals surface area contributed by atoms with Crippen LogP contribution in [0.25, 0.3) is 0 Å². The summed E-state index contributed by atoms with van der Waals surface area (Å²) < 4.78 is 0. The van der Waals surface area contributed by atoms with E-state index >= 15 is 0 Å². The van der Waals surface area contributed by atoms with Crippen LogP contribution in [-0.2, 0) is 6.42 Å². The summed E-state index contributed by atoms with van der Waals surface area (Å²) in [6.45, 7) is 3.47. The van der Waals surface area contributed by atoms with Crippen molar-refractivity contribution in [3.8, 4) is 0 Å². The van der Waals surface area contributed by atoms with E-state index in [9.17, 15) is 0 Å². The van der Waals surface area contributed by atoms with E-state index in [-0.39, 0.29) is 0 Å². The van der Waals surface area contributed by atoms with Crippen LogP contribution in [0.2, 0.25) is 0 Å². The van der Waals surface area contributed by atoms with Gasteiger partial charge < -0.3 is 9.80 Å². The Labute approximate surface area is 143 Å². The van der Waals surface area contributed by atoms with Gasteiger partial charge in [0.2, 0.25) is 0 Å². The summed E-state index contributed by atoms with van der Waals surface area (Å²) >= 11 is 0. The van der Waals surface area contributed by atoms with E-state index < -0.39 is 0 Å². The second-order valence-electron chi connectivity index (χ2n) is 6.85. The van der Waals surface area contributed by atoms with Crippen molar-refractivity contribution in [2.24, 2.45) is 0 Å². The molecule has 1 atom stereocenters. The van der Waals surface area contributed by atoms with Crippen LogP contribution in [0.5, 0.6) is 0 Å². The van der Waals surface area contributed by atoms with Gasteiger partial charge in [0.1, 0.15) is 6.17 Å². The lowest BCUT2D eigenvalue weighted by molar-refractivity contribution is 0.173. The predicted molar refractivity (Wildman–Crippen MR) is 100 cm³/mol.